The van der Waals surface area contributed by atoms with Gasteiger partial charge in [0.2, 0.25) is 5.91 Å². The van der Waals surface area contributed by atoms with Gasteiger partial charge in [0.15, 0.2) is 0 Å². The topological polar surface area (TPSA) is 67.1 Å². The van der Waals surface area contributed by atoms with Crippen molar-refractivity contribution >= 4 is 33.2 Å². The van der Waals surface area contributed by atoms with Crippen LogP contribution in [-0.2, 0) is 4.79 Å². The number of carbonyl (C=O) groups excluding carboxylic acids is 1. The fourth-order valence-electron chi connectivity index (χ4n) is 1.53. The molecule has 4 nitrogen and oxygen atoms in total. The number of hydrogen-bond donors (Lipinski definition) is 3. The number of carbonyl (C=O) groups is 1. The summed E-state index contributed by atoms with van der Waals surface area (Å²) in [6.07, 6.45) is 2.73. The third-order valence-electron chi connectivity index (χ3n) is 2.62. The van der Waals surface area contributed by atoms with Crippen LogP contribution >= 0.6 is 15.9 Å². The number of amides is 1. The molecule has 0 aromatic heterocycles. The molecule has 1 aromatic rings. The molecule has 17 heavy (non-hydrogen) atoms. The zero-order chi connectivity index (χ0) is 12.3. The number of anilines is 2. The Hall–Kier alpha value is -1.23. The Balaban J connectivity index is 1.75. The molecule has 1 aliphatic rings. The molecule has 0 unspecified atom stereocenters. The molecule has 1 fully saturated rings. The van der Waals surface area contributed by atoms with E-state index in [1.807, 2.05) is 18.2 Å². The van der Waals surface area contributed by atoms with Gasteiger partial charge in [-0.1, -0.05) is 15.9 Å². The van der Waals surface area contributed by atoms with Crippen LogP contribution in [0.4, 0.5) is 11.4 Å². The average Bonchev–Trinajstić information content (AvgIpc) is 3.05. The molecular formula is C12H16BrN3O. The molecule has 1 aromatic carbocycles. The average molecular weight is 298 g/mol. The van der Waals surface area contributed by atoms with Crippen LogP contribution < -0.4 is 16.4 Å². The van der Waals surface area contributed by atoms with Crippen molar-refractivity contribution in [1.82, 2.24) is 5.32 Å². The predicted octanol–water partition coefficient (Wildman–Crippen LogP) is 2.11. The van der Waals surface area contributed by atoms with E-state index in [0.29, 0.717) is 24.7 Å². The van der Waals surface area contributed by atoms with Gasteiger partial charge in [-0.05, 0) is 31.0 Å². The Morgan fingerprint density at radius 2 is 2.24 bits per heavy atom. The second-order valence-corrected chi connectivity index (χ2v) is 5.17. The Labute approximate surface area is 109 Å². The molecular weight excluding hydrogens is 282 g/mol. The molecule has 0 spiro atoms. The quantitative estimate of drug-likeness (QED) is 0.729. The number of hydrogen-bond acceptors (Lipinski definition) is 3. The van der Waals surface area contributed by atoms with Gasteiger partial charge in [0.05, 0.1) is 11.4 Å². The highest BCUT2D eigenvalue weighted by Gasteiger charge is 2.22. The van der Waals surface area contributed by atoms with E-state index in [-0.39, 0.29) is 5.91 Å². The Bertz CT molecular complexity index is 418. The van der Waals surface area contributed by atoms with Crippen LogP contribution in [0.2, 0.25) is 0 Å². The van der Waals surface area contributed by atoms with Crippen molar-refractivity contribution in [3.05, 3.63) is 22.7 Å². The lowest BCUT2D eigenvalue weighted by Gasteiger charge is -2.09. The maximum atomic E-state index is 11.4. The summed E-state index contributed by atoms with van der Waals surface area (Å²) in [6, 6.07) is 6.09. The van der Waals surface area contributed by atoms with Crippen molar-refractivity contribution in [2.45, 2.75) is 25.3 Å². The summed E-state index contributed by atoms with van der Waals surface area (Å²) in [7, 11) is 0. The lowest BCUT2D eigenvalue weighted by Crippen LogP contribution is -2.27. The minimum absolute atomic E-state index is 0.107. The number of nitrogens with two attached hydrogens (primary N) is 1. The molecule has 1 amide bonds. The molecule has 0 aliphatic heterocycles. The Kier molecular flexibility index (Phi) is 3.89. The predicted molar refractivity (Wildman–Crippen MR) is 72.8 cm³/mol. The first-order valence-corrected chi connectivity index (χ1v) is 6.53. The highest BCUT2D eigenvalue weighted by molar-refractivity contribution is 9.10. The van der Waals surface area contributed by atoms with Crippen molar-refractivity contribution in [3.8, 4) is 0 Å². The van der Waals surface area contributed by atoms with E-state index in [2.05, 4.69) is 26.6 Å². The minimum atomic E-state index is 0.107. The molecule has 5 heteroatoms. The smallest absolute Gasteiger partial charge is 0.221 e. The van der Waals surface area contributed by atoms with Gasteiger partial charge < -0.3 is 16.4 Å². The summed E-state index contributed by atoms with van der Waals surface area (Å²) in [4.78, 5) is 11.4. The van der Waals surface area contributed by atoms with Gasteiger partial charge in [-0.25, -0.2) is 0 Å². The van der Waals surface area contributed by atoms with Crippen LogP contribution in [0.3, 0.4) is 0 Å². The zero-order valence-electron chi connectivity index (χ0n) is 9.50. The van der Waals surface area contributed by atoms with E-state index in [9.17, 15) is 4.79 Å². The number of halogens is 1. The highest BCUT2D eigenvalue weighted by Crippen LogP contribution is 2.23. The molecule has 1 saturated carbocycles. The maximum absolute atomic E-state index is 11.4. The van der Waals surface area contributed by atoms with E-state index in [0.717, 1.165) is 23.0 Å². The third-order valence-corrected chi connectivity index (χ3v) is 3.12. The summed E-state index contributed by atoms with van der Waals surface area (Å²) in [5, 5.41) is 6.10. The van der Waals surface area contributed by atoms with Crippen LogP contribution in [0.5, 0.6) is 0 Å². The SMILES string of the molecule is Nc1cc(Br)ccc1NCCC(=O)NC1CC1. The summed E-state index contributed by atoms with van der Waals surface area (Å²) in [5.74, 6) is 0.107. The molecule has 0 saturated heterocycles. The fourth-order valence-corrected chi connectivity index (χ4v) is 1.91. The van der Waals surface area contributed by atoms with E-state index >= 15 is 0 Å². The number of benzene rings is 1. The number of nitrogen functional groups attached to an aromatic ring is 1. The molecule has 92 valence electrons. The van der Waals surface area contributed by atoms with Crippen LogP contribution in [0.1, 0.15) is 19.3 Å². The van der Waals surface area contributed by atoms with E-state index < -0.39 is 0 Å². The second-order valence-electron chi connectivity index (χ2n) is 4.25. The van der Waals surface area contributed by atoms with Crippen molar-refractivity contribution in [2.24, 2.45) is 0 Å². The number of rotatable bonds is 5. The first kappa shape index (κ1) is 12.2. The third kappa shape index (κ3) is 3.93. The minimum Gasteiger partial charge on any atom is -0.397 e. The normalized spacial score (nSPS) is 14.4. The molecule has 0 bridgehead atoms. The molecule has 0 atom stereocenters. The summed E-state index contributed by atoms with van der Waals surface area (Å²) in [5.41, 5.74) is 7.39. The van der Waals surface area contributed by atoms with Crippen LogP contribution in [-0.4, -0.2) is 18.5 Å². The lowest BCUT2D eigenvalue weighted by molar-refractivity contribution is -0.120. The second kappa shape index (κ2) is 5.40. The monoisotopic (exact) mass is 297 g/mol. The fraction of sp³-hybridized carbons (Fsp3) is 0.417. The lowest BCUT2D eigenvalue weighted by atomic mass is 10.2. The van der Waals surface area contributed by atoms with E-state index in [4.69, 9.17) is 5.73 Å². The van der Waals surface area contributed by atoms with Gasteiger partial charge in [-0.3, -0.25) is 4.79 Å². The van der Waals surface area contributed by atoms with Crippen LogP contribution in [0, 0.1) is 0 Å². The van der Waals surface area contributed by atoms with E-state index in [1.54, 1.807) is 0 Å². The summed E-state index contributed by atoms with van der Waals surface area (Å²) < 4.78 is 0.951. The van der Waals surface area contributed by atoms with Crippen molar-refractivity contribution in [1.29, 1.82) is 0 Å². The van der Waals surface area contributed by atoms with Crippen molar-refractivity contribution in [3.63, 3.8) is 0 Å². The Morgan fingerprint density at radius 1 is 1.47 bits per heavy atom. The van der Waals surface area contributed by atoms with Gasteiger partial charge in [0.25, 0.3) is 0 Å². The molecule has 4 N–H and O–H groups in total. The van der Waals surface area contributed by atoms with Crippen molar-refractivity contribution in [2.75, 3.05) is 17.6 Å². The molecule has 0 radical (unpaired) electrons. The van der Waals surface area contributed by atoms with Crippen molar-refractivity contribution < 1.29 is 4.79 Å². The molecule has 0 heterocycles. The van der Waals surface area contributed by atoms with Gasteiger partial charge >= 0.3 is 0 Å². The molecule has 2 rings (SSSR count). The summed E-state index contributed by atoms with van der Waals surface area (Å²) >= 11 is 3.35. The maximum Gasteiger partial charge on any atom is 0.221 e. The molecule has 1 aliphatic carbocycles. The van der Waals surface area contributed by atoms with Gasteiger partial charge in [-0.15, -0.1) is 0 Å². The first-order valence-electron chi connectivity index (χ1n) is 5.73. The van der Waals surface area contributed by atoms with Gasteiger partial charge in [0.1, 0.15) is 0 Å². The highest BCUT2D eigenvalue weighted by atomic mass is 79.9. The van der Waals surface area contributed by atoms with Gasteiger partial charge in [-0.2, -0.15) is 0 Å². The van der Waals surface area contributed by atoms with Gasteiger partial charge in [0, 0.05) is 23.5 Å². The Morgan fingerprint density at radius 3 is 2.88 bits per heavy atom. The standard InChI is InChI=1S/C12H16BrN3O/c13-8-1-4-11(10(14)7-8)15-6-5-12(17)16-9-2-3-9/h1,4,7,9,15H,2-3,5-6,14H2,(H,16,17). The number of nitrogens with one attached hydrogen (secondary N) is 2. The van der Waals surface area contributed by atoms with Crippen LogP contribution in [0.25, 0.3) is 0 Å². The van der Waals surface area contributed by atoms with Crippen LogP contribution in [0.15, 0.2) is 22.7 Å². The largest absolute Gasteiger partial charge is 0.397 e. The summed E-state index contributed by atoms with van der Waals surface area (Å²) in [6.45, 7) is 0.602. The zero-order valence-corrected chi connectivity index (χ0v) is 11.1. The first-order chi connectivity index (χ1) is 8.15. The van der Waals surface area contributed by atoms with E-state index in [1.165, 1.54) is 0 Å².